The van der Waals surface area contributed by atoms with Crippen LogP contribution in [0.3, 0.4) is 0 Å². The van der Waals surface area contributed by atoms with Crippen molar-refractivity contribution >= 4 is 0 Å². The van der Waals surface area contributed by atoms with Gasteiger partial charge in [-0.05, 0) is 13.8 Å². The zero-order chi connectivity index (χ0) is 5.98. The van der Waals surface area contributed by atoms with Crippen molar-refractivity contribution in [1.29, 1.82) is 0 Å². The number of ether oxygens (including phenoxy) is 2. The predicted octanol–water partition coefficient (Wildman–Crippen LogP) is 0.810. The van der Waals surface area contributed by atoms with Crippen molar-refractivity contribution < 1.29 is 9.47 Å². The van der Waals surface area contributed by atoms with E-state index in [1.807, 2.05) is 13.8 Å². The van der Waals surface area contributed by atoms with Gasteiger partial charge in [0.2, 0.25) is 0 Å². The fraction of sp³-hybridized carbons (Fsp3) is 1.00. The molecule has 0 aromatic carbocycles. The number of hydrogen-bond donors (Lipinski definition) is 0. The first-order valence-electron chi connectivity index (χ1n) is 3.02. The van der Waals surface area contributed by atoms with Crippen molar-refractivity contribution in [1.82, 2.24) is 0 Å². The maximum Gasteiger partial charge on any atom is 0.0785 e. The maximum atomic E-state index is 5.36. The van der Waals surface area contributed by atoms with Crippen LogP contribution in [0.25, 0.3) is 0 Å². The molecule has 0 aromatic heterocycles. The Morgan fingerprint density at radius 2 is 1.62 bits per heavy atom. The van der Waals surface area contributed by atoms with Gasteiger partial charge in [-0.15, -0.1) is 0 Å². The summed E-state index contributed by atoms with van der Waals surface area (Å²) >= 11 is 0. The van der Waals surface area contributed by atoms with Crippen molar-refractivity contribution in [2.45, 2.75) is 26.1 Å². The van der Waals surface area contributed by atoms with E-state index in [2.05, 4.69) is 0 Å². The summed E-state index contributed by atoms with van der Waals surface area (Å²) in [5, 5.41) is 0. The fourth-order valence-electron chi connectivity index (χ4n) is 0.875. The Hall–Kier alpha value is -0.0800. The van der Waals surface area contributed by atoms with Crippen LogP contribution < -0.4 is 0 Å². The lowest BCUT2D eigenvalue weighted by Gasteiger charge is -2.24. The highest BCUT2D eigenvalue weighted by Crippen LogP contribution is 2.05. The summed E-state index contributed by atoms with van der Waals surface area (Å²) in [7, 11) is 0. The van der Waals surface area contributed by atoms with E-state index in [1.54, 1.807) is 0 Å². The molecule has 1 heterocycles. The van der Waals surface area contributed by atoms with Crippen LogP contribution in [0.4, 0.5) is 0 Å². The summed E-state index contributed by atoms with van der Waals surface area (Å²) in [6, 6.07) is 0. The van der Waals surface area contributed by atoms with Crippen LogP contribution in [-0.2, 0) is 9.47 Å². The first-order valence-corrected chi connectivity index (χ1v) is 3.02. The first-order chi connectivity index (χ1) is 3.79. The van der Waals surface area contributed by atoms with Crippen LogP contribution >= 0.6 is 0 Å². The third-order valence-electron chi connectivity index (χ3n) is 1.17. The van der Waals surface area contributed by atoms with Crippen LogP contribution in [0.5, 0.6) is 0 Å². The van der Waals surface area contributed by atoms with E-state index in [4.69, 9.17) is 9.47 Å². The molecule has 1 saturated heterocycles. The molecule has 48 valence electrons. The monoisotopic (exact) mass is 116 g/mol. The Balaban J connectivity index is 2.23. The van der Waals surface area contributed by atoms with E-state index < -0.39 is 0 Å². The van der Waals surface area contributed by atoms with E-state index in [0.29, 0.717) is 12.2 Å². The summed E-state index contributed by atoms with van der Waals surface area (Å²) in [6.07, 6.45) is 0.581. The summed E-state index contributed by atoms with van der Waals surface area (Å²) < 4.78 is 10.5. The molecule has 2 heteroatoms. The van der Waals surface area contributed by atoms with Gasteiger partial charge in [-0.25, -0.2) is 0 Å². The Morgan fingerprint density at radius 3 is 1.88 bits per heavy atom. The molecular weight excluding hydrogens is 104 g/mol. The largest absolute Gasteiger partial charge is 0.376 e. The Bertz CT molecular complexity index is 64.9. The molecule has 0 aromatic rings. The molecule has 2 unspecified atom stereocenters. The van der Waals surface area contributed by atoms with Gasteiger partial charge in [0.25, 0.3) is 0 Å². The Morgan fingerprint density at radius 1 is 1.12 bits per heavy atom. The predicted molar refractivity (Wildman–Crippen MR) is 30.8 cm³/mol. The van der Waals surface area contributed by atoms with Crippen molar-refractivity contribution in [3.63, 3.8) is 0 Å². The molecule has 1 aliphatic rings. The zero-order valence-electron chi connectivity index (χ0n) is 5.39. The third-order valence-corrected chi connectivity index (χ3v) is 1.17. The Labute approximate surface area is 49.8 Å². The molecular formula is C6H12O2. The number of hydrogen-bond acceptors (Lipinski definition) is 2. The lowest BCUT2D eigenvalue weighted by molar-refractivity contribution is -0.122. The highest BCUT2D eigenvalue weighted by atomic mass is 16.6. The maximum absolute atomic E-state index is 5.36. The number of rotatable bonds is 0. The van der Waals surface area contributed by atoms with Gasteiger partial charge in [0.1, 0.15) is 0 Å². The van der Waals surface area contributed by atoms with E-state index in [1.165, 1.54) is 0 Å². The van der Waals surface area contributed by atoms with Crippen LogP contribution in [0.15, 0.2) is 0 Å². The van der Waals surface area contributed by atoms with E-state index >= 15 is 0 Å². The van der Waals surface area contributed by atoms with Gasteiger partial charge in [0.05, 0.1) is 25.4 Å². The smallest absolute Gasteiger partial charge is 0.0785 e. The van der Waals surface area contributed by atoms with Gasteiger partial charge in [0, 0.05) is 0 Å². The quantitative estimate of drug-likeness (QED) is 0.466. The molecule has 2 atom stereocenters. The van der Waals surface area contributed by atoms with Gasteiger partial charge in [-0.2, -0.15) is 0 Å². The minimum atomic E-state index is 0.291. The molecule has 2 nitrogen and oxygen atoms in total. The summed E-state index contributed by atoms with van der Waals surface area (Å²) in [6.45, 7) is 5.56. The molecule has 0 spiro atoms. The Kier molecular flexibility index (Phi) is 1.86. The first kappa shape index (κ1) is 6.05. The summed E-state index contributed by atoms with van der Waals surface area (Å²) in [5.41, 5.74) is 0. The average Bonchev–Trinajstić information content (AvgIpc) is 1.64. The standard InChI is InChI=1S/C6H12O2/c1-5-3-7-4-6(2)8-5/h5-6H,3-4H2,1-2H3. The highest BCUT2D eigenvalue weighted by molar-refractivity contribution is 4.59. The van der Waals surface area contributed by atoms with Gasteiger partial charge in [-0.3, -0.25) is 0 Å². The van der Waals surface area contributed by atoms with E-state index in [9.17, 15) is 0 Å². The lowest BCUT2D eigenvalue weighted by Crippen LogP contribution is -2.32. The molecule has 1 aliphatic heterocycles. The van der Waals surface area contributed by atoms with Gasteiger partial charge in [0.15, 0.2) is 0 Å². The molecule has 0 aliphatic carbocycles. The van der Waals surface area contributed by atoms with Crippen LogP contribution in [0.2, 0.25) is 0 Å². The van der Waals surface area contributed by atoms with Crippen molar-refractivity contribution in [2.75, 3.05) is 13.2 Å². The minimum Gasteiger partial charge on any atom is -0.376 e. The zero-order valence-corrected chi connectivity index (χ0v) is 5.39. The second kappa shape index (κ2) is 2.46. The van der Waals surface area contributed by atoms with E-state index in [0.717, 1.165) is 13.2 Å². The fourth-order valence-corrected chi connectivity index (χ4v) is 0.875. The summed E-state index contributed by atoms with van der Waals surface area (Å²) in [4.78, 5) is 0. The SMILES string of the molecule is CC1COCC(C)O1. The molecule has 8 heavy (non-hydrogen) atoms. The van der Waals surface area contributed by atoms with Gasteiger partial charge >= 0.3 is 0 Å². The van der Waals surface area contributed by atoms with Crippen molar-refractivity contribution in [2.24, 2.45) is 0 Å². The van der Waals surface area contributed by atoms with Crippen molar-refractivity contribution in [3.05, 3.63) is 0 Å². The van der Waals surface area contributed by atoms with Crippen LogP contribution in [0.1, 0.15) is 13.8 Å². The summed E-state index contributed by atoms with van der Waals surface area (Å²) in [5.74, 6) is 0. The average molecular weight is 116 g/mol. The molecule has 0 saturated carbocycles. The molecule has 0 radical (unpaired) electrons. The van der Waals surface area contributed by atoms with Crippen LogP contribution in [0, 0.1) is 0 Å². The van der Waals surface area contributed by atoms with Crippen LogP contribution in [-0.4, -0.2) is 25.4 Å². The molecule has 0 amide bonds. The third kappa shape index (κ3) is 1.46. The lowest BCUT2D eigenvalue weighted by atomic mass is 10.3. The molecule has 0 bridgehead atoms. The molecule has 0 N–H and O–H groups in total. The van der Waals surface area contributed by atoms with E-state index in [-0.39, 0.29) is 0 Å². The molecule has 1 fully saturated rings. The van der Waals surface area contributed by atoms with Crippen molar-refractivity contribution in [3.8, 4) is 0 Å². The highest BCUT2D eigenvalue weighted by Gasteiger charge is 2.14. The normalized spacial score (nSPS) is 39.8. The second-order valence-electron chi connectivity index (χ2n) is 2.29. The second-order valence-corrected chi connectivity index (χ2v) is 2.29. The topological polar surface area (TPSA) is 18.5 Å². The minimum absolute atomic E-state index is 0.291. The van der Waals surface area contributed by atoms with Gasteiger partial charge in [-0.1, -0.05) is 0 Å². The van der Waals surface area contributed by atoms with Gasteiger partial charge < -0.3 is 9.47 Å². The molecule has 1 rings (SSSR count).